The second kappa shape index (κ2) is 4.63. The predicted octanol–water partition coefficient (Wildman–Crippen LogP) is 1.56. The van der Waals surface area contributed by atoms with Gasteiger partial charge in [0.2, 0.25) is 0 Å². The van der Waals surface area contributed by atoms with Crippen molar-refractivity contribution in [3.8, 4) is 0 Å². The number of rotatable bonds is 4. The van der Waals surface area contributed by atoms with E-state index < -0.39 is 0 Å². The third-order valence-electron chi connectivity index (χ3n) is 2.26. The van der Waals surface area contributed by atoms with Gasteiger partial charge in [-0.15, -0.1) is 11.8 Å². The highest BCUT2D eigenvalue weighted by Crippen LogP contribution is 2.21. The van der Waals surface area contributed by atoms with E-state index in [9.17, 15) is 0 Å². The Labute approximate surface area is 93.1 Å². The molecule has 0 amide bonds. The molecule has 4 nitrogen and oxygen atoms in total. The van der Waals surface area contributed by atoms with E-state index in [0.717, 1.165) is 23.6 Å². The highest BCUT2D eigenvalue weighted by Gasteiger charge is 2.08. The SMILES string of the molecule is CCNCc1ccn2ncnc(SC)c12. The highest BCUT2D eigenvalue weighted by atomic mass is 32.2. The van der Waals surface area contributed by atoms with Gasteiger partial charge in [-0.05, 0) is 24.4 Å². The van der Waals surface area contributed by atoms with Gasteiger partial charge in [-0.1, -0.05) is 6.92 Å². The van der Waals surface area contributed by atoms with Crippen LogP contribution in [0.15, 0.2) is 23.6 Å². The molecule has 0 aromatic carbocycles. The van der Waals surface area contributed by atoms with E-state index in [1.165, 1.54) is 5.56 Å². The Kier molecular flexibility index (Phi) is 3.23. The fourth-order valence-corrected chi connectivity index (χ4v) is 2.11. The maximum absolute atomic E-state index is 4.27. The molecule has 0 radical (unpaired) electrons. The van der Waals surface area contributed by atoms with Gasteiger partial charge < -0.3 is 5.32 Å². The van der Waals surface area contributed by atoms with Crippen molar-refractivity contribution in [3.63, 3.8) is 0 Å². The van der Waals surface area contributed by atoms with E-state index >= 15 is 0 Å². The van der Waals surface area contributed by atoms with Crippen LogP contribution in [0.5, 0.6) is 0 Å². The monoisotopic (exact) mass is 222 g/mol. The van der Waals surface area contributed by atoms with Gasteiger partial charge in [-0.2, -0.15) is 5.10 Å². The van der Waals surface area contributed by atoms with Gasteiger partial charge in [-0.3, -0.25) is 0 Å². The molecular formula is C10H14N4S. The summed E-state index contributed by atoms with van der Waals surface area (Å²) in [7, 11) is 0. The lowest BCUT2D eigenvalue weighted by atomic mass is 10.3. The van der Waals surface area contributed by atoms with Gasteiger partial charge in [0.1, 0.15) is 16.9 Å². The zero-order valence-electron chi connectivity index (χ0n) is 8.90. The first-order valence-corrected chi connectivity index (χ1v) is 6.15. The molecule has 0 aliphatic rings. The van der Waals surface area contributed by atoms with Gasteiger partial charge in [0.15, 0.2) is 0 Å². The molecule has 0 saturated heterocycles. The van der Waals surface area contributed by atoms with Crippen LogP contribution in [-0.2, 0) is 6.54 Å². The molecule has 0 spiro atoms. The summed E-state index contributed by atoms with van der Waals surface area (Å²) in [5.41, 5.74) is 2.37. The molecule has 0 bridgehead atoms. The van der Waals surface area contributed by atoms with Crippen LogP contribution >= 0.6 is 11.8 Å². The molecule has 5 heteroatoms. The van der Waals surface area contributed by atoms with Crippen LogP contribution in [0.25, 0.3) is 5.52 Å². The van der Waals surface area contributed by atoms with Crippen LogP contribution in [0.2, 0.25) is 0 Å². The number of thioether (sulfide) groups is 1. The largest absolute Gasteiger partial charge is 0.313 e. The minimum absolute atomic E-state index is 0.869. The number of nitrogens with one attached hydrogen (secondary N) is 1. The van der Waals surface area contributed by atoms with Crippen molar-refractivity contribution < 1.29 is 0 Å². The summed E-state index contributed by atoms with van der Waals surface area (Å²) in [4.78, 5) is 4.27. The summed E-state index contributed by atoms with van der Waals surface area (Å²) in [5.74, 6) is 0. The van der Waals surface area contributed by atoms with E-state index in [2.05, 4.69) is 28.4 Å². The normalized spacial score (nSPS) is 11.1. The molecule has 2 aromatic heterocycles. The van der Waals surface area contributed by atoms with Gasteiger partial charge >= 0.3 is 0 Å². The molecule has 15 heavy (non-hydrogen) atoms. The average molecular weight is 222 g/mol. The van der Waals surface area contributed by atoms with Crippen molar-refractivity contribution in [2.24, 2.45) is 0 Å². The topological polar surface area (TPSA) is 42.2 Å². The Morgan fingerprint density at radius 3 is 3.13 bits per heavy atom. The van der Waals surface area contributed by atoms with Crippen LogP contribution in [0.1, 0.15) is 12.5 Å². The lowest BCUT2D eigenvalue weighted by Crippen LogP contribution is -2.11. The van der Waals surface area contributed by atoms with Crippen molar-refractivity contribution in [1.82, 2.24) is 19.9 Å². The molecule has 80 valence electrons. The molecule has 2 aromatic rings. The summed E-state index contributed by atoms with van der Waals surface area (Å²) in [6.07, 6.45) is 5.60. The molecule has 0 aliphatic heterocycles. The van der Waals surface area contributed by atoms with Crippen LogP contribution in [-0.4, -0.2) is 27.4 Å². The first kappa shape index (κ1) is 10.4. The minimum atomic E-state index is 0.869. The van der Waals surface area contributed by atoms with Crippen molar-refractivity contribution in [3.05, 3.63) is 24.2 Å². The van der Waals surface area contributed by atoms with Crippen molar-refractivity contribution >= 4 is 17.3 Å². The summed E-state index contributed by atoms with van der Waals surface area (Å²) >= 11 is 1.65. The second-order valence-electron chi connectivity index (χ2n) is 3.18. The smallest absolute Gasteiger partial charge is 0.137 e. The van der Waals surface area contributed by atoms with E-state index in [0.29, 0.717) is 0 Å². The quantitative estimate of drug-likeness (QED) is 0.797. The molecule has 0 saturated carbocycles. The lowest BCUT2D eigenvalue weighted by Gasteiger charge is -2.03. The maximum atomic E-state index is 4.27. The molecule has 0 aliphatic carbocycles. The van der Waals surface area contributed by atoms with Crippen LogP contribution < -0.4 is 5.32 Å². The number of hydrogen-bond donors (Lipinski definition) is 1. The van der Waals surface area contributed by atoms with Gasteiger partial charge in [0.05, 0.1) is 0 Å². The first-order valence-electron chi connectivity index (χ1n) is 4.92. The summed E-state index contributed by atoms with van der Waals surface area (Å²) < 4.78 is 1.88. The molecule has 0 unspecified atom stereocenters. The van der Waals surface area contributed by atoms with E-state index in [4.69, 9.17) is 0 Å². The number of nitrogens with zero attached hydrogens (tertiary/aromatic N) is 3. The minimum Gasteiger partial charge on any atom is -0.313 e. The molecule has 0 atom stereocenters. The third kappa shape index (κ3) is 1.98. The Morgan fingerprint density at radius 1 is 1.53 bits per heavy atom. The zero-order valence-corrected chi connectivity index (χ0v) is 9.71. The summed E-state index contributed by atoms with van der Waals surface area (Å²) in [6, 6.07) is 2.09. The van der Waals surface area contributed by atoms with Crippen molar-refractivity contribution in [2.75, 3.05) is 12.8 Å². The second-order valence-corrected chi connectivity index (χ2v) is 3.98. The average Bonchev–Trinajstić information content (AvgIpc) is 2.69. The van der Waals surface area contributed by atoms with Crippen LogP contribution in [0.4, 0.5) is 0 Å². The fraction of sp³-hybridized carbons (Fsp3) is 0.400. The van der Waals surface area contributed by atoms with Crippen molar-refractivity contribution in [1.29, 1.82) is 0 Å². The summed E-state index contributed by atoms with van der Waals surface area (Å²) in [5, 5.41) is 8.53. The van der Waals surface area contributed by atoms with Crippen LogP contribution in [0.3, 0.4) is 0 Å². The maximum Gasteiger partial charge on any atom is 0.137 e. The Bertz CT molecular complexity index is 452. The van der Waals surface area contributed by atoms with Gasteiger partial charge in [0.25, 0.3) is 0 Å². The molecule has 2 heterocycles. The first-order chi connectivity index (χ1) is 7.36. The standard InChI is InChI=1S/C10H14N4S/c1-3-11-6-8-4-5-14-9(8)10(15-2)12-7-13-14/h4-5,7,11H,3,6H2,1-2H3. The molecule has 1 N–H and O–H groups in total. The molecular weight excluding hydrogens is 208 g/mol. The number of hydrogen-bond acceptors (Lipinski definition) is 4. The van der Waals surface area contributed by atoms with Gasteiger partial charge in [0, 0.05) is 12.7 Å². The third-order valence-corrected chi connectivity index (χ3v) is 2.95. The van der Waals surface area contributed by atoms with Crippen LogP contribution in [0, 0.1) is 0 Å². The van der Waals surface area contributed by atoms with E-state index in [1.54, 1.807) is 18.1 Å². The molecule has 2 rings (SSSR count). The molecule has 0 fully saturated rings. The zero-order chi connectivity index (χ0) is 10.7. The van der Waals surface area contributed by atoms with Gasteiger partial charge in [-0.25, -0.2) is 9.50 Å². The fourth-order valence-electron chi connectivity index (χ4n) is 1.54. The lowest BCUT2D eigenvalue weighted by molar-refractivity contribution is 0.727. The summed E-state index contributed by atoms with van der Waals surface area (Å²) in [6.45, 7) is 3.94. The van der Waals surface area contributed by atoms with Crippen molar-refractivity contribution in [2.45, 2.75) is 18.5 Å². The van der Waals surface area contributed by atoms with E-state index in [1.807, 2.05) is 17.0 Å². The Morgan fingerprint density at radius 2 is 2.40 bits per heavy atom. The Balaban J connectivity index is 2.46. The van der Waals surface area contributed by atoms with E-state index in [-0.39, 0.29) is 0 Å². The highest BCUT2D eigenvalue weighted by molar-refractivity contribution is 7.98. The number of fused-ring (bicyclic) bond motifs is 1. The number of aromatic nitrogens is 3. The Hall–Kier alpha value is -1.07. The predicted molar refractivity (Wildman–Crippen MR) is 62.1 cm³/mol.